The lowest BCUT2D eigenvalue weighted by molar-refractivity contribution is -0.136. The fourth-order valence-electron chi connectivity index (χ4n) is 3.64. The summed E-state index contributed by atoms with van der Waals surface area (Å²) in [6.45, 7) is 3.34. The van der Waals surface area contributed by atoms with Crippen molar-refractivity contribution >= 4 is 17.5 Å². The van der Waals surface area contributed by atoms with Crippen molar-refractivity contribution < 1.29 is 9.53 Å². The summed E-state index contributed by atoms with van der Waals surface area (Å²) in [5.74, 6) is 1.12. The fourth-order valence-corrected chi connectivity index (χ4v) is 3.77. The number of methoxy groups -OCH3 is 1. The van der Waals surface area contributed by atoms with Crippen LogP contribution in [-0.2, 0) is 17.9 Å². The number of ether oxygens (including phenoxy) is 1. The number of rotatable bonds is 6. The van der Waals surface area contributed by atoms with Crippen molar-refractivity contribution in [1.29, 1.82) is 0 Å². The van der Waals surface area contributed by atoms with Gasteiger partial charge in [-0.25, -0.2) is 0 Å². The van der Waals surface area contributed by atoms with E-state index in [1.54, 1.807) is 7.11 Å². The Morgan fingerprint density at radius 2 is 1.81 bits per heavy atom. The van der Waals surface area contributed by atoms with Crippen LogP contribution in [0.4, 0.5) is 0 Å². The highest BCUT2D eigenvalue weighted by atomic mass is 35.5. The number of likely N-dealkylation sites (tertiary alicyclic amines) is 1. The second-order valence-electron chi connectivity index (χ2n) is 7.24. The van der Waals surface area contributed by atoms with E-state index in [0.717, 1.165) is 48.8 Å². The summed E-state index contributed by atoms with van der Waals surface area (Å²) < 4.78 is 5.19. The van der Waals surface area contributed by atoms with E-state index in [1.165, 1.54) is 5.56 Å². The van der Waals surface area contributed by atoms with Gasteiger partial charge in [0.25, 0.3) is 0 Å². The molecule has 1 amide bonds. The molecule has 0 aromatic heterocycles. The van der Waals surface area contributed by atoms with Gasteiger partial charge in [0, 0.05) is 31.7 Å². The van der Waals surface area contributed by atoms with E-state index in [0.29, 0.717) is 6.54 Å². The second kappa shape index (κ2) is 9.25. The standard InChI is InChI=1S/C22H27ClN2O2/c1-24(14-17-7-11-21(27-2)12-8-17)22(26)19-4-3-13-25(16-19)15-18-5-9-20(23)10-6-18/h5-12,19H,3-4,13-16H2,1-2H3. The van der Waals surface area contributed by atoms with Gasteiger partial charge < -0.3 is 9.64 Å². The molecule has 5 heteroatoms. The maximum Gasteiger partial charge on any atom is 0.227 e. The molecule has 0 radical (unpaired) electrons. The molecule has 144 valence electrons. The normalized spacial score (nSPS) is 17.5. The van der Waals surface area contributed by atoms with Gasteiger partial charge in [-0.2, -0.15) is 0 Å². The van der Waals surface area contributed by atoms with Gasteiger partial charge in [-0.15, -0.1) is 0 Å². The van der Waals surface area contributed by atoms with E-state index in [4.69, 9.17) is 16.3 Å². The van der Waals surface area contributed by atoms with Crippen LogP contribution < -0.4 is 4.74 Å². The smallest absolute Gasteiger partial charge is 0.227 e. The molecule has 2 aromatic rings. The monoisotopic (exact) mass is 386 g/mol. The molecule has 0 spiro atoms. The predicted molar refractivity (Wildman–Crippen MR) is 109 cm³/mol. The topological polar surface area (TPSA) is 32.8 Å². The summed E-state index contributed by atoms with van der Waals surface area (Å²) in [4.78, 5) is 17.1. The summed E-state index contributed by atoms with van der Waals surface area (Å²) in [6, 6.07) is 15.8. The first kappa shape index (κ1) is 19.7. The first-order valence-electron chi connectivity index (χ1n) is 9.40. The first-order chi connectivity index (χ1) is 13.0. The molecule has 1 atom stereocenters. The van der Waals surface area contributed by atoms with E-state index in [2.05, 4.69) is 17.0 Å². The molecule has 0 N–H and O–H groups in total. The van der Waals surface area contributed by atoms with Crippen molar-refractivity contribution in [2.75, 3.05) is 27.2 Å². The van der Waals surface area contributed by atoms with Gasteiger partial charge in [0.05, 0.1) is 13.0 Å². The zero-order valence-electron chi connectivity index (χ0n) is 16.0. The Morgan fingerprint density at radius 3 is 2.48 bits per heavy atom. The quantitative estimate of drug-likeness (QED) is 0.745. The van der Waals surface area contributed by atoms with E-state index in [9.17, 15) is 4.79 Å². The van der Waals surface area contributed by atoms with Crippen LogP contribution in [0, 0.1) is 5.92 Å². The number of amides is 1. The zero-order chi connectivity index (χ0) is 19.2. The Bertz CT molecular complexity index is 746. The highest BCUT2D eigenvalue weighted by Crippen LogP contribution is 2.22. The van der Waals surface area contributed by atoms with E-state index in [-0.39, 0.29) is 11.8 Å². The highest BCUT2D eigenvalue weighted by molar-refractivity contribution is 6.30. The number of benzene rings is 2. The Kier molecular flexibility index (Phi) is 6.75. The average Bonchev–Trinajstić information content (AvgIpc) is 2.70. The van der Waals surface area contributed by atoms with Crippen molar-refractivity contribution in [3.05, 3.63) is 64.7 Å². The minimum Gasteiger partial charge on any atom is -0.497 e. The van der Waals surface area contributed by atoms with Crippen LogP contribution in [0.2, 0.25) is 5.02 Å². The first-order valence-corrected chi connectivity index (χ1v) is 9.77. The zero-order valence-corrected chi connectivity index (χ0v) is 16.8. The minimum absolute atomic E-state index is 0.0642. The molecule has 0 aliphatic carbocycles. The molecule has 1 aliphatic rings. The van der Waals surface area contributed by atoms with Gasteiger partial charge in [0.2, 0.25) is 5.91 Å². The lowest BCUT2D eigenvalue weighted by Crippen LogP contribution is -2.43. The molecule has 1 heterocycles. The Balaban J connectivity index is 1.55. The molecule has 1 fully saturated rings. The second-order valence-corrected chi connectivity index (χ2v) is 7.68. The molecule has 2 aromatic carbocycles. The van der Waals surface area contributed by atoms with Crippen LogP contribution in [0.1, 0.15) is 24.0 Å². The number of carbonyl (C=O) groups is 1. The van der Waals surface area contributed by atoms with Crippen molar-refractivity contribution in [2.45, 2.75) is 25.9 Å². The van der Waals surface area contributed by atoms with Crippen molar-refractivity contribution in [3.8, 4) is 5.75 Å². The highest BCUT2D eigenvalue weighted by Gasteiger charge is 2.28. The average molecular weight is 387 g/mol. The molecule has 1 aliphatic heterocycles. The van der Waals surface area contributed by atoms with Crippen molar-refractivity contribution in [3.63, 3.8) is 0 Å². The van der Waals surface area contributed by atoms with E-state index in [1.807, 2.05) is 48.3 Å². The largest absolute Gasteiger partial charge is 0.497 e. The number of hydrogen-bond donors (Lipinski definition) is 0. The van der Waals surface area contributed by atoms with Gasteiger partial charge in [0.15, 0.2) is 0 Å². The molecule has 4 nitrogen and oxygen atoms in total. The summed E-state index contributed by atoms with van der Waals surface area (Å²) in [5.41, 5.74) is 2.35. The molecular formula is C22H27ClN2O2. The summed E-state index contributed by atoms with van der Waals surface area (Å²) >= 11 is 5.97. The molecule has 1 unspecified atom stereocenters. The fraction of sp³-hybridized carbons (Fsp3) is 0.409. The number of nitrogens with zero attached hydrogens (tertiary/aromatic N) is 2. The van der Waals surface area contributed by atoms with Crippen molar-refractivity contribution in [2.24, 2.45) is 5.92 Å². The SMILES string of the molecule is COc1ccc(CN(C)C(=O)C2CCCN(Cc3ccc(Cl)cc3)C2)cc1. The van der Waals surface area contributed by atoms with Crippen LogP contribution in [0.15, 0.2) is 48.5 Å². The lowest BCUT2D eigenvalue weighted by atomic mass is 9.96. The van der Waals surface area contributed by atoms with E-state index >= 15 is 0 Å². The third kappa shape index (κ3) is 5.47. The Morgan fingerprint density at radius 1 is 1.15 bits per heavy atom. The third-order valence-electron chi connectivity index (χ3n) is 5.13. The lowest BCUT2D eigenvalue weighted by Gasteiger charge is -2.34. The van der Waals surface area contributed by atoms with Gasteiger partial charge >= 0.3 is 0 Å². The summed E-state index contributed by atoms with van der Waals surface area (Å²) in [5, 5.41) is 0.755. The number of hydrogen-bond acceptors (Lipinski definition) is 3. The van der Waals surface area contributed by atoms with Gasteiger partial charge in [-0.3, -0.25) is 9.69 Å². The van der Waals surface area contributed by atoms with Crippen LogP contribution >= 0.6 is 11.6 Å². The molecule has 3 rings (SSSR count). The molecule has 27 heavy (non-hydrogen) atoms. The molecular weight excluding hydrogens is 360 g/mol. The number of halogens is 1. The van der Waals surface area contributed by atoms with E-state index < -0.39 is 0 Å². The Hall–Kier alpha value is -2.04. The van der Waals surface area contributed by atoms with Gasteiger partial charge in [-0.1, -0.05) is 35.9 Å². The number of piperidine rings is 1. The third-order valence-corrected chi connectivity index (χ3v) is 5.38. The maximum atomic E-state index is 12.9. The Labute approximate surface area is 166 Å². The van der Waals surface area contributed by atoms with Crippen molar-refractivity contribution in [1.82, 2.24) is 9.80 Å². The van der Waals surface area contributed by atoms with Crippen LogP contribution in [-0.4, -0.2) is 43.0 Å². The van der Waals surface area contributed by atoms with Gasteiger partial charge in [-0.05, 0) is 54.8 Å². The minimum atomic E-state index is 0.0642. The maximum absolute atomic E-state index is 12.9. The molecule has 0 bridgehead atoms. The van der Waals surface area contributed by atoms with Gasteiger partial charge in [0.1, 0.15) is 5.75 Å². The van der Waals surface area contributed by atoms with Crippen LogP contribution in [0.5, 0.6) is 5.75 Å². The molecule has 1 saturated heterocycles. The van der Waals surface area contributed by atoms with Crippen LogP contribution in [0.3, 0.4) is 0 Å². The summed E-state index contributed by atoms with van der Waals surface area (Å²) in [6.07, 6.45) is 2.02. The molecule has 0 saturated carbocycles. The number of carbonyl (C=O) groups excluding carboxylic acids is 1. The predicted octanol–water partition coefficient (Wildman–Crippen LogP) is 4.22. The summed E-state index contributed by atoms with van der Waals surface area (Å²) in [7, 11) is 3.55. The van der Waals surface area contributed by atoms with Crippen LogP contribution in [0.25, 0.3) is 0 Å².